The first kappa shape index (κ1) is 29.4. The van der Waals surface area contributed by atoms with Gasteiger partial charge in [-0.3, -0.25) is 4.79 Å². The Morgan fingerprint density at radius 2 is 1.69 bits per heavy atom. The predicted molar refractivity (Wildman–Crippen MR) is 158 cm³/mol. The second kappa shape index (κ2) is 14.6. The van der Waals surface area contributed by atoms with Crippen molar-refractivity contribution in [1.29, 1.82) is 0 Å². The highest BCUT2D eigenvalue weighted by Crippen LogP contribution is 2.34. The Hall–Kier alpha value is -2.87. The number of benzene rings is 2. The summed E-state index contributed by atoms with van der Waals surface area (Å²) in [6, 6.07) is 15.2. The number of hydrogen-bond acceptors (Lipinski definition) is 1. The van der Waals surface area contributed by atoms with E-state index in [0.29, 0.717) is 5.92 Å². The molecule has 2 unspecified atom stereocenters. The van der Waals surface area contributed by atoms with Crippen LogP contribution in [0.15, 0.2) is 67.3 Å². The van der Waals surface area contributed by atoms with Crippen molar-refractivity contribution in [3.8, 4) is 0 Å². The van der Waals surface area contributed by atoms with Crippen LogP contribution in [0.2, 0.25) is 0 Å². The summed E-state index contributed by atoms with van der Waals surface area (Å²) in [6.45, 7) is 21.2. The second-order valence-electron chi connectivity index (χ2n) is 10.3. The maximum atomic E-state index is 12.4. The van der Waals surface area contributed by atoms with Crippen molar-refractivity contribution in [2.45, 2.75) is 92.0 Å². The summed E-state index contributed by atoms with van der Waals surface area (Å²) >= 11 is 0. The molecule has 0 radical (unpaired) electrons. The first-order valence-corrected chi connectivity index (χ1v) is 13.7. The Bertz CT molecular complexity index is 1060. The molecule has 2 aromatic carbocycles. The number of allylic oxidation sites excluding steroid dienone is 2. The van der Waals surface area contributed by atoms with Crippen LogP contribution in [-0.4, -0.2) is 5.91 Å². The number of amides is 1. The average molecular weight is 486 g/mol. The Morgan fingerprint density at radius 1 is 1.00 bits per heavy atom. The molecule has 0 aromatic heterocycles. The molecule has 0 aliphatic rings. The van der Waals surface area contributed by atoms with E-state index in [1.807, 2.05) is 19.1 Å². The highest BCUT2D eigenvalue weighted by molar-refractivity contribution is 5.74. The van der Waals surface area contributed by atoms with E-state index < -0.39 is 0 Å². The van der Waals surface area contributed by atoms with Gasteiger partial charge >= 0.3 is 0 Å². The molecule has 2 heteroatoms. The van der Waals surface area contributed by atoms with Gasteiger partial charge in [0.25, 0.3) is 0 Å². The molecule has 0 aliphatic carbocycles. The third-order valence-corrected chi connectivity index (χ3v) is 7.08. The van der Waals surface area contributed by atoms with Crippen LogP contribution in [0, 0.1) is 5.92 Å². The quantitative estimate of drug-likeness (QED) is 0.265. The summed E-state index contributed by atoms with van der Waals surface area (Å²) < 4.78 is 0. The van der Waals surface area contributed by atoms with Gasteiger partial charge in [0.05, 0.1) is 6.04 Å². The van der Waals surface area contributed by atoms with Crippen molar-refractivity contribution in [1.82, 2.24) is 5.32 Å². The van der Waals surface area contributed by atoms with Gasteiger partial charge < -0.3 is 5.32 Å². The maximum Gasteiger partial charge on any atom is 0.217 e. The van der Waals surface area contributed by atoms with Crippen molar-refractivity contribution < 1.29 is 4.79 Å². The number of rotatable bonds is 14. The lowest BCUT2D eigenvalue weighted by Crippen LogP contribution is -2.32. The SMILES string of the molecule is C=C(C)c1ccccc1/C=C\C(=C)C(CC)[C@H](NC(C)=O)c1cc(CCCC)cc(C(C)CCC)c1. The van der Waals surface area contributed by atoms with Crippen LogP contribution in [0.3, 0.4) is 0 Å². The molecule has 2 nitrogen and oxygen atoms in total. The zero-order valence-electron chi connectivity index (χ0n) is 23.5. The van der Waals surface area contributed by atoms with E-state index in [0.717, 1.165) is 48.0 Å². The van der Waals surface area contributed by atoms with E-state index in [-0.39, 0.29) is 17.9 Å². The lowest BCUT2D eigenvalue weighted by molar-refractivity contribution is -0.120. The summed E-state index contributed by atoms with van der Waals surface area (Å²) in [4.78, 5) is 12.4. The third kappa shape index (κ3) is 8.36. The summed E-state index contributed by atoms with van der Waals surface area (Å²) in [7, 11) is 0. The van der Waals surface area contributed by atoms with Gasteiger partial charge in [0, 0.05) is 12.8 Å². The van der Waals surface area contributed by atoms with Crippen LogP contribution < -0.4 is 5.32 Å². The number of nitrogens with one attached hydrogen (secondary N) is 1. The molecule has 0 saturated carbocycles. The Labute approximate surface area is 220 Å². The molecular weight excluding hydrogens is 438 g/mol. The van der Waals surface area contributed by atoms with E-state index in [9.17, 15) is 4.79 Å². The van der Waals surface area contributed by atoms with Gasteiger partial charge in [-0.1, -0.05) is 114 Å². The molecule has 1 N–H and O–H groups in total. The van der Waals surface area contributed by atoms with Gasteiger partial charge in [0.1, 0.15) is 0 Å². The van der Waals surface area contributed by atoms with Gasteiger partial charge in [-0.15, -0.1) is 0 Å². The zero-order chi connectivity index (χ0) is 26.7. The first-order valence-electron chi connectivity index (χ1n) is 13.7. The molecule has 0 bridgehead atoms. The fourth-order valence-corrected chi connectivity index (χ4v) is 5.03. The van der Waals surface area contributed by atoms with Crippen molar-refractivity contribution in [2.75, 3.05) is 0 Å². The van der Waals surface area contributed by atoms with Crippen molar-refractivity contribution in [3.63, 3.8) is 0 Å². The molecule has 0 heterocycles. The van der Waals surface area contributed by atoms with E-state index in [2.05, 4.69) is 88.7 Å². The first-order chi connectivity index (χ1) is 17.2. The van der Waals surface area contributed by atoms with Crippen LogP contribution in [0.4, 0.5) is 0 Å². The molecule has 0 spiro atoms. The normalized spacial score (nSPS) is 13.8. The monoisotopic (exact) mass is 485 g/mol. The van der Waals surface area contributed by atoms with E-state index in [4.69, 9.17) is 0 Å². The van der Waals surface area contributed by atoms with Crippen molar-refractivity contribution >= 4 is 17.6 Å². The van der Waals surface area contributed by atoms with Gasteiger partial charge in [-0.05, 0) is 71.9 Å². The molecule has 0 saturated heterocycles. The van der Waals surface area contributed by atoms with E-state index in [1.54, 1.807) is 6.92 Å². The van der Waals surface area contributed by atoms with Gasteiger partial charge in [0.15, 0.2) is 0 Å². The van der Waals surface area contributed by atoms with Crippen LogP contribution in [-0.2, 0) is 11.2 Å². The Kier molecular flexibility index (Phi) is 11.9. The van der Waals surface area contributed by atoms with Crippen LogP contribution >= 0.6 is 0 Å². The fourth-order valence-electron chi connectivity index (χ4n) is 5.03. The molecule has 36 heavy (non-hydrogen) atoms. The van der Waals surface area contributed by atoms with Crippen LogP contribution in [0.1, 0.15) is 113 Å². The molecule has 194 valence electrons. The molecule has 3 atom stereocenters. The summed E-state index contributed by atoms with van der Waals surface area (Å²) in [5, 5.41) is 3.29. The van der Waals surface area contributed by atoms with Gasteiger partial charge in [-0.25, -0.2) is 0 Å². The Balaban J connectivity index is 2.49. The summed E-state index contributed by atoms with van der Waals surface area (Å²) in [6.07, 6.45) is 10.9. The number of carbonyl (C=O) groups is 1. The minimum Gasteiger partial charge on any atom is -0.349 e. The zero-order valence-corrected chi connectivity index (χ0v) is 23.5. The summed E-state index contributed by atoms with van der Waals surface area (Å²) in [5.74, 6) is 0.581. The molecule has 0 aliphatic heterocycles. The van der Waals surface area contributed by atoms with Crippen molar-refractivity contribution in [2.24, 2.45) is 5.92 Å². The van der Waals surface area contributed by atoms with E-state index in [1.165, 1.54) is 29.5 Å². The number of carbonyl (C=O) groups excluding carboxylic acids is 1. The minimum absolute atomic E-state index is 0.00928. The van der Waals surface area contributed by atoms with Crippen LogP contribution in [0.5, 0.6) is 0 Å². The Morgan fingerprint density at radius 3 is 2.31 bits per heavy atom. The average Bonchev–Trinajstić information content (AvgIpc) is 2.85. The van der Waals surface area contributed by atoms with Gasteiger partial charge in [-0.2, -0.15) is 0 Å². The molecule has 1 amide bonds. The fraction of sp³-hybridized carbons (Fsp3) is 0.441. The molecule has 2 aromatic rings. The molecule has 2 rings (SSSR count). The highest BCUT2D eigenvalue weighted by atomic mass is 16.1. The number of aryl methyl sites for hydroxylation is 1. The van der Waals surface area contributed by atoms with Crippen molar-refractivity contribution in [3.05, 3.63) is 95.1 Å². The maximum absolute atomic E-state index is 12.4. The highest BCUT2D eigenvalue weighted by Gasteiger charge is 2.25. The second-order valence-corrected chi connectivity index (χ2v) is 10.3. The molecular formula is C34H47NO. The lowest BCUT2D eigenvalue weighted by Gasteiger charge is -2.29. The standard InChI is InChI=1S/C34H47NO/c1-9-12-16-28-21-30(25(6)15-10-2)23-31(22-28)34(35-27(8)36)32(11-3)26(7)19-20-29-17-13-14-18-33(29)24(4)5/h13-14,17-23,25,32,34H,4,7,9-12,15-16H2,1-3,5-6,8H3,(H,35,36)/b20-19-/t25?,32?,34-/m1/s1. The van der Waals surface area contributed by atoms with Gasteiger partial charge in [0.2, 0.25) is 5.91 Å². The van der Waals surface area contributed by atoms with Crippen LogP contribution in [0.25, 0.3) is 11.6 Å². The van der Waals surface area contributed by atoms with E-state index >= 15 is 0 Å². The molecule has 0 fully saturated rings. The third-order valence-electron chi connectivity index (χ3n) is 7.08. The summed E-state index contributed by atoms with van der Waals surface area (Å²) in [5.41, 5.74) is 8.29. The minimum atomic E-state index is -0.116. The topological polar surface area (TPSA) is 29.1 Å². The smallest absolute Gasteiger partial charge is 0.217 e. The predicted octanol–water partition coefficient (Wildman–Crippen LogP) is 9.44. The lowest BCUT2D eigenvalue weighted by atomic mass is 9.82. The number of hydrogen-bond donors (Lipinski definition) is 1. The number of unbranched alkanes of at least 4 members (excludes halogenated alkanes) is 1. The largest absolute Gasteiger partial charge is 0.349 e.